The second kappa shape index (κ2) is 5.13. The Morgan fingerprint density at radius 3 is 2.45 bits per heavy atom. The maximum Gasteiger partial charge on any atom is 0.308 e. The molecule has 0 aromatic carbocycles. The lowest BCUT2D eigenvalue weighted by Gasteiger charge is -2.15. The van der Waals surface area contributed by atoms with Crippen molar-refractivity contribution >= 4 is 5.97 Å². The van der Waals surface area contributed by atoms with Gasteiger partial charge in [0.1, 0.15) is 0 Å². The molecule has 0 aromatic rings. The first-order valence-electron chi connectivity index (χ1n) is 3.82. The fourth-order valence-electron chi connectivity index (χ4n) is 0.872. The molecular weight excluding hydrogens is 144 g/mol. The molecule has 0 aliphatic rings. The minimum atomic E-state index is -0.203. The number of ether oxygens (including phenoxy) is 1. The van der Waals surface area contributed by atoms with Gasteiger partial charge in [-0.3, -0.25) is 4.79 Å². The molecule has 0 aliphatic carbocycles. The number of carbonyl (C=O) groups excluding carboxylic acids is 1. The molecule has 3 heteroatoms. The molecule has 0 aliphatic heterocycles. The number of hydrogen-bond donors (Lipinski definition) is 1. The van der Waals surface area contributed by atoms with E-state index >= 15 is 0 Å². The molecule has 0 rings (SSSR count). The van der Waals surface area contributed by atoms with Gasteiger partial charge in [0.25, 0.3) is 0 Å². The fraction of sp³-hybridized carbons (Fsp3) is 0.875. The smallest absolute Gasteiger partial charge is 0.308 e. The van der Waals surface area contributed by atoms with Gasteiger partial charge in [0, 0.05) is 6.61 Å². The van der Waals surface area contributed by atoms with Crippen molar-refractivity contribution < 1.29 is 14.6 Å². The van der Waals surface area contributed by atoms with Gasteiger partial charge in [-0.05, 0) is 12.3 Å². The van der Waals surface area contributed by atoms with Gasteiger partial charge in [-0.15, -0.1) is 0 Å². The van der Waals surface area contributed by atoms with Crippen molar-refractivity contribution in [1.82, 2.24) is 0 Å². The van der Waals surface area contributed by atoms with Crippen LogP contribution in [0.4, 0.5) is 0 Å². The van der Waals surface area contributed by atoms with E-state index in [0.717, 1.165) is 0 Å². The van der Waals surface area contributed by atoms with Crippen molar-refractivity contribution in [3.8, 4) is 0 Å². The van der Waals surface area contributed by atoms with Crippen LogP contribution in [0.5, 0.6) is 0 Å². The third-order valence-electron chi connectivity index (χ3n) is 2.01. The summed E-state index contributed by atoms with van der Waals surface area (Å²) in [5.41, 5.74) is 0. The van der Waals surface area contributed by atoms with Crippen LogP contribution in [0.25, 0.3) is 0 Å². The number of aliphatic hydroxyl groups is 1. The number of esters is 1. The van der Waals surface area contributed by atoms with E-state index in [-0.39, 0.29) is 24.4 Å². The zero-order valence-corrected chi connectivity index (χ0v) is 7.33. The third kappa shape index (κ3) is 3.37. The Hall–Kier alpha value is -0.570. The van der Waals surface area contributed by atoms with E-state index < -0.39 is 0 Å². The van der Waals surface area contributed by atoms with Crippen molar-refractivity contribution in [3.63, 3.8) is 0 Å². The number of aliphatic hydroxyl groups excluding tert-OH is 1. The molecule has 0 saturated carbocycles. The van der Waals surface area contributed by atoms with Crippen molar-refractivity contribution in [3.05, 3.63) is 0 Å². The number of rotatable bonds is 4. The maximum absolute atomic E-state index is 10.9. The summed E-state index contributed by atoms with van der Waals surface area (Å²) in [7, 11) is 1.38. The summed E-state index contributed by atoms with van der Waals surface area (Å²) in [6, 6.07) is 0. The molecule has 0 radical (unpaired) electrons. The summed E-state index contributed by atoms with van der Waals surface area (Å²) >= 11 is 0. The minimum absolute atomic E-state index is 0.118. The minimum Gasteiger partial charge on any atom is -0.469 e. The first kappa shape index (κ1) is 10.4. The van der Waals surface area contributed by atoms with Crippen LogP contribution in [-0.4, -0.2) is 24.8 Å². The van der Waals surface area contributed by atoms with Crippen molar-refractivity contribution in [2.75, 3.05) is 13.7 Å². The van der Waals surface area contributed by atoms with Gasteiger partial charge in [-0.25, -0.2) is 0 Å². The Labute approximate surface area is 67.4 Å². The molecule has 3 nitrogen and oxygen atoms in total. The fourth-order valence-corrected chi connectivity index (χ4v) is 0.872. The monoisotopic (exact) mass is 160 g/mol. The predicted octanol–water partition coefficient (Wildman–Crippen LogP) is 0.814. The highest BCUT2D eigenvalue weighted by Gasteiger charge is 2.19. The van der Waals surface area contributed by atoms with Gasteiger partial charge in [0.05, 0.1) is 13.0 Å². The summed E-state index contributed by atoms with van der Waals surface area (Å²) in [6.45, 7) is 3.87. The molecule has 1 N–H and O–H groups in total. The van der Waals surface area contributed by atoms with Crippen LogP contribution in [0, 0.1) is 11.8 Å². The van der Waals surface area contributed by atoms with Gasteiger partial charge in [0.15, 0.2) is 0 Å². The first-order chi connectivity index (χ1) is 5.13. The largest absolute Gasteiger partial charge is 0.469 e. The molecule has 11 heavy (non-hydrogen) atoms. The number of hydrogen-bond acceptors (Lipinski definition) is 3. The van der Waals surface area contributed by atoms with E-state index in [1.165, 1.54) is 7.11 Å². The van der Waals surface area contributed by atoms with E-state index in [0.29, 0.717) is 6.42 Å². The van der Waals surface area contributed by atoms with Gasteiger partial charge in [-0.1, -0.05) is 13.8 Å². The van der Waals surface area contributed by atoms with Gasteiger partial charge < -0.3 is 9.84 Å². The van der Waals surface area contributed by atoms with Crippen molar-refractivity contribution in [2.45, 2.75) is 20.3 Å². The Balaban J connectivity index is 3.80. The Kier molecular flexibility index (Phi) is 4.86. The Morgan fingerprint density at radius 1 is 1.55 bits per heavy atom. The van der Waals surface area contributed by atoms with Crippen molar-refractivity contribution in [2.24, 2.45) is 11.8 Å². The lowest BCUT2D eigenvalue weighted by atomic mass is 9.93. The van der Waals surface area contributed by atoms with Crippen molar-refractivity contribution in [1.29, 1.82) is 0 Å². The molecule has 0 bridgehead atoms. The van der Waals surface area contributed by atoms with Crippen LogP contribution in [0.3, 0.4) is 0 Å². The maximum atomic E-state index is 10.9. The van der Waals surface area contributed by atoms with E-state index in [9.17, 15) is 4.79 Å². The van der Waals surface area contributed by atoms with Crippen LogP contribution in [0.1, 0.15) is 20.3 Å². The normalized spacial score (nSPS) is 15.6. The van der Waals surface area contributed by atoms with Gasteiger partial charge >= 0.3 is 5.97 Å². The summed E-state index contributed by atoms with van der Waals surface area (Å²) in [5, 5.41) is 8.59. The first-order valence-corrected chi connectivity index (χ1v) is 3.82. The van der Waals surface area contributed by atoms with Gasteiger partial charge in [0.2, 0.25) is 0 Å². The predicted molar refractivity (Wildman–Crippen MR) is 42.0 cm³/mol. The highest BCUT2D eigenvalue weighted by molar-refractivity contribution is 5.72. The average molecular weight is 160 g/mol. The molecule has 0 heterocycles. The average Bonchev–Trinajstić information content (AvgIpc) is 2.02. The molecule has 0 fully saturated rings. The van der Waals surface area contributed by atoms with E-state index in [4.69, 9.17) is 5.11 Å². The second-order valence-electron chi connectivity index (χ2n) is 2.80. The van der Waals surface area contributed by atoms with E-state index in [1.54, 1.807) is 0 Å². The summed E-state index contributed by atoms with van der Waals surface area (Å²) in [4.78, 5) is 10.9. The lowest BCUT2D eigenvalue weighted by molar-refractivity contribution is -0.146. The second-order valence-corrected chi connectivity index (χ2v) is 2.80. The molecule has 2 atom stereocenters. The molecular formula is C8H16O3. The standard InChI is InChI=1S/C8H16O3/c1-6(4-5-9)7(2)8(10)11-3/h6-7,9H,4-5H2,1-3H3/t6-,7+/m1/s1. The summed E-state index contributed by atoms with van der Waals surface area (Å²) in [6.07, 6.45) is 0.649. The van der Waals surface area contributed by atoms with E-state index in [2.05, 4.69) is 4.74 Å². The van der Waals surface area contributed by atoms with Crippen LogP contribution < -0.4 is 0 Å². The molecule has 66 valence electrons. The lowest BCUT2D eigenvalue weighted by Crippen LogP contribution is -2.20. The van der Waals surface area contributed by atoms with Gasteiger partial charge in [-0.2, -0.15) is 0 Å². The van der Waals surface area contributed by atoms with E-state index in [1.807, 2.05) is 13.8 Å². The molecule has 0 aromatic heterocycles. The highest BCUT2D eigenvalue weighted by Crippen LogP contribution is 2.15. The molecule has 0 unspecified atom stereocenters. The third-order valence-corrected chi connectivity index (χ3v) is 2.01. The topological polar surface area (TPSA) is 46.5 Å². The molecule has 0 amide bonds. The molecule has 0 spiro atoms. The number of carbonyl (C=O) groups is 1. The Bertz CT molecular complexity index is 123. The molecule has 0 saturated heterocycles. The van der Waals surface area contributed by atoms with Crippen LogP contribution >= 0.6 is 0 Å². The van der Waals surface area contributed by atoms with Crippen LogP contribution in [0.2, 0.25) is 0 Å². The summed E-state index contributed by atoms with van der Waals surface area (Å²) < 4.78 is 4.56. The quantitative estimate of drug-likeness (QED) is 0.619. The zero-order chi connectivity index (χ0) is 8.85. The zero-order valence-electron chi connectivity index (χ0n) is 7.33. The number of methoxy groups -OCH3 is 1. The summed E-state index contributed by atoms with van der Waals surface area (Å²) in [5.74, 6) is -0.134. The van der Waals surface area contributed by atoms with Crippen LogP contribution in [-0.2, 0) is 9.53 Å². The highest BCUT2D eigenvalue weighted by atomic mass is 16.5. The van der Waals surface area contributed by atoms with Crippen LogP contribution in [0.15, 0.2) is 0 Å². The SMILES string of the molecule is COC(=O)[C@@H](C)[C@H](C)CCO. The Morgan fingerprint density at radius 2 is 2.09 bits per heavy atom.